The molecule has 3 heteroatoms. The minimum Gasteiger partial charge on any atom is -0.377 e. The van der Waals surface area contributed by atoms with Gasteiger partial charge in [-0.25, -0.2) is 0 Å². The summed E-state index contributed by atoms with van der Waals surface area (Å²) in [5.41, 5.74) is 6.55. The number of hydrogen-bond donors (Lipinski definition) is 1. The highest BCUT2D eigenvalue weighted by Gasteiger charge is 2.36. The first kappa shape index (κ1) is 16.3. The molecule has 0 radical (unpaired) electrons. The molecule has 0 aromatic rings. The second-order valence-corrected chi connectivity index (χ2v) is 7.28. The van der Waals surface area contributed by atoms with Gasteiger partial charge in [-0.15, -0.1) is 0 Å². The Morgan fingerprint density at radius 1 is 1.30 bits per heavy atom. The molecule has 1 heterocycles. The molecule has 0 aromatic heterocycles. The zero-order chi connectivity index (χ0) is 14.4. The summed E-state index contributed by atoms with van der Waals surface area (Å²) >= 11 is 0. The second kappa shape index (κ2) is 7.77. The summed E-state index contributed by atoms with van der Waals surface area (Å²) in [4.78, 5) is 2.63. The zero-order valence-electron chi connectivity index (χ0n) is 13.6. The Morgan fingerprint density at radius 3 is 2.85 bits per heavy atom. The summed E-state index contributed by atoms with van der Waals surface area (Å²) in [7, 11) is 0. The van der Waals surface area contributed by atoms with Crippen LogP contribution in [0.4, 0.5) is 0 Å². The van der Waals surface area contributed by atoms with Gasteiger partial charge >= 0.3 is 0 Å². The highest BCUT2D eigenvalue weighted by Crippen LogP contribution is 2.39. The lowest BCUT2D eigenvalue weighted by Gasteiger charge is -2.44. The van der Waals surface area contributed by atoms with Crippen LogP contribution in [0.25, 0.3) is 0 Å². The summed E-state index contributed by atoms with van der Waals surface area (Å²) in [5.74, 6) is 0.851. The molecule has 2 fully saturated rings. The fourth-order valence-corrected chi connectivity index (χ4v) is 4.21. The fourth-order valence-electron chi connectivity index (χ4n) is 4.21. The molecule has 1 aliphatic heterocycles. The van der Waals surface area contributed by atoms with Crippen molar-refractivity contribution in [1.82, 2.24) is 4.90 Å². The maximum Gasteiger partial charge on any atom is 0.0702 e. The van der Waals surface area contributed by atoms with Crippen LogP contribution in [0.1, 0.15) is 58.8 Å². The molecule has 0 amide bonds. The van der Waals surface area contributed by atoms with Crippen LogP contribution in [0, 0.1) is 11.3 Å². The molecule has 3 nitrogen and oxygen atoms in total. The topological polar surface area (TPSA) is 38.5 Å². The van der Waals surface area contributed by atoms with Crippen molar-refractivity contribution in [2.75, 3.05) is 32.8 Å². The van der Waals surface area contributed by atoms with Crippen molar-refractivity contribution < 1.29 is 4.74 Å². The van der Waals surface area contributed by atoms with E-state index in [0.717, 1.165) is 32.0 Å². The molecule has 1 saturated heterocycles. The fraction of sp³-hybridized carbons (Fsp3) is 1.00. The lowest BCUT2D eigenvalue weighted by atomic mass is 9.69. The quantitative estimate of drug-likeness (QED) is 0.814. The average molecular weight is 282 g/mol. The maximum absolute atomic E-state index is 6.17. The van der Waals surface area contributed by atoms with Crippen LogP contribution in [0.15, 0.2) is 0 Å². The minimum atomic E-state index is 0.379. The molecule has 0 spiro atoms. The number of ether oxygens (including phenoxy) is 1. The molecule has 3 unspecified atom stereocenters. The van der Waals surface area contributed by atoms with E-state index in [9.17, 15) is 0 Å². The number of nitrogens with two attached hydrogens (primary N) is 1. The van der Waals surface area contributed by atoms with Crippen LogP contribution >= 0.6 is 0 Å². The third kappa shape index (κ3) is 4.44. The Bertz CT molecular complexity index is 284. The van der Waals surface area contributed by atoms with Crippen molar-refractivity contribution in [3.8, 4) is 0 Å². The Hall–Kier alpha value is -0.120. The van der Waals surface area contributed by atoms with Gasteiger partial charge in [-0.1, -0.05) is 26.7 Å². The molecule has 2 N–H and O–H groups in total. The Morgan fingerprint density at radius 2 is 2.15 bits per heavy atom. The van der Waals surface area contributed by atoms with Crippen LogP contribution in [-0.4, -0.2) is 43.8 Å². The molecule has 20 heavy (non-hydrogen) atoms. The number of nitrogens with zero attached hydrogens (tertiary/aromatic N) is 1. The van der Waals surface area contributed by atoms with Gasteiger partial charge in [0.05, 0.1) is 6.10 Å². The molecule has 0 bridgehead atoms. The predicted molar refractivity (Wildman–Crippen MR) is 84.8 cm³/mol. The van der Waals surface area contributed by atoms with Gasteiger partial charge < -0.3 is 15.4 Å². The van der Waals surface area contributed by atoms with Gasteiger partial charge in [0.25, 0.3) is 0 Å². The van der Waals surface area contributed by atoms with Crippen molar-refractivity contribution in [1.29, 1.82) is 0 Å². The van der Waals surface area contributed by atoms with Crippen molar-refractivity contribution >= 4 is 0 Å². The van der Waals surface area contributed by atoms with Crippen LogP contribution in [0.3, 0.4) is 0 Å². The van der Waals surface area contributed by atoms with E-state index in [1.807, 2.05) is 0 Å². The minimum absolute atomic E-state index is 0.379. The molecule has 1 aliphatic carbocycles. The van der Waals surface area contributed by atoms with Crippen molar-refractivity contribution in [3.63, 3.8) is 0 Å². The van der Waals surface area contributed by atoms with Gasteiger partial charge in [0.2, 0.25) is 0 Å². The van der Waals surface area contributed by atoms with E-state index in [1.54, 1.807) is 0 Å². The van der Waals surface area contributed by atoms with Crippen LogP contribution in [-0.2, 0) is 4.74 Å². The largest absolute Gasteiger partial charge is 0.377 e. The van der Waals surface area contributed by atoms with Crippen LogP contribution in [0.5, 0.6) is 0 Å². The number of likely N-dealkylation sites (tertiary alicyclic amines) is 1. The lowest BCUT2D eigenvalue weighted by Crippen LogP contribution is -2.49. The molecular formula is C17H34N2O. The molecule has 118 valence electrons. The van der Waals surface area contributed by atoms with E-state index in [2.05, 4.69) is 18.7 Å². The first-order chi connectivity index (χ1) is 9.67. The summed E-state index contributed by atoms with van der Waals surface area (Å²) < 4.78 is 5.97. The Labute approximate surface area is 125 Å². The van der Waals surface area contributed by atoms with Crippen molar-refractivity contribution in [3.05, 3.63) is 0 Å². The van der Waals surface area contributed by atoms with E-state index in [0.29, 0.717) is 11.5 Å². The first-order valence-corrected chi connectivity index (χ1v) is 8.71. The Kier molecular flexibility index (Phi) is 6.31. The standard InChI is InChI=1S/C17H34N2O/c1-3-10-20-16-7-5-9-19(12-16)14-17(13-18)8-4-6-15(2)11-17/h15-16H,3-14,18H2,1-2H3. The number of piperidine rings is 1. The summed E-state index contributed by atoms with van der Waals surface area (Å²) in [5, 5.41) is 0. The molecule has 1 saturated carbocycles. The van der Waals surface area contributed by atoms with E-state index < -0.39 is 0 Å². The number of rotatable bonds is 6. The normalized spacial score (nSPS) is 36.1. The smallest absolute Gasteiger partial charge is 0.0702 e. The SMILES string of the molecule is CCCOC1CCCN(CC2(CN)CCCC(C)C2)C1. The van der Waals surface area contributed by atoms with Gasteiger partial charge in [-0.3, -0.25) is 0 Å². The summed E-state index contributed by atoms with van der Waals surface area (Å²) in [6, 6.07) is 0. The molecular weight excluding hydrogens is 248 g/mol. The van der Waals surface area contributed by atoms with Crippen LogP contribution < -0.4 is 5.73 Å². The van der Waals surface area contributed by atoms with Crippen molar-refractivity contribution in [2.45, 2.75) is 64.9 Å². The van der Waals surface area contributed by atoms with Gasteiger partial charge in [-0.2, -0.15) is 0 Å². The highest BCUT2D eigenvalue weighted by molar-refractivity contribution is 4.90. The van der Waals surface area contributed by atoms with E-state index >= 15 is 0 Å². The molecule has 3 atom stereocenters. The third-order valence-electron chi connectivity index (χ3n) is 5.20. The molecule has 0 aromatic carbocycles. The molecule has 2 aliphatic rings. The zero-order valence-corrected chi connectivity index (χ0v) is 13.6. The first-order valence-electron chi connectivity index (χ1n) is 8.71. The summed E-state index contributed by atoms with van der Waals surface area (Å²) in [6.45, 7) is 9.91. The lowest BCUT2D eigenvalue weighted by molar-refractivity contribution is -0.0178. The monoisotopic (exact) mass is 282 g/mol. The van der Waals surface area contributed by atoms with Gasteiger partial charge in [0, 0.05) is 19.7 Å². The van der Waals surface area contributed by atoms with E-state index in [-0.39, 0.29) is 0 Å². The highest BCUT2D eigenvalue weighted by atomic mass is 16.5. The number of hydrogen-bond acceptors (Lipinski definition) is 3. The van der Waals surface area contributed by atoms with Crippen molar-refractivity contribution in [2.24, 2.45) is 17.1 Å². The van der Waals surface area contributed by atoms with E-state index in [1.165, 1.54) is 51.6 Å². The maximum atomic E-state index is 6.17. The molecule has 2 rings (SSSR count). The van der Waals surface area contributed by atoms with E-state index in [4.69, 9.17) is 10.5 Å². The second-order valence-electron chi connectivity index (χ2n) is 7.28. The predicted octanol–water partition coefficient (Wildman–Crippen LogP) is 3.03. The van der Waals surface area contributed by atoms with Gasteiger partial charge in [0.15, 0.2) is 0 Å². The average Bonchev–Trinajstić information content (AvgIpc) is 2.45. The van der Waals surface area contributed by atoms with Gasteiger partial charge in [-0.05, 0) is 56.5 Å². The van der Waals surface area contributed by atoms with Crippen LogP contribution in [0.2, 0.25) is 0 Å². The van der Waals surface area contributed by atoms with Gasteiger partial charge in [0.1, 0.15) is 0 Å². The Balaban J connectivity index is 1.86. The third-order valence-corrected chi connectivity index (χ3v) is 5.20. The summed E-state index contributed by atoms with van der Waals surface area (Å²) in [6.07, 6.45) is 9.50.